The number of piperazine rings is 1. The molecule has 10 heteroatoms. The fourth-order valence-electron chi connectivity index (χ4n) is 4.62. The number of pyridine rings is 1. The lowest BCUT2D eigenvalue weighted by atomic mass is 10.1. The predicted molar refractivity (Wildman–Crippen MR) is 152 cm³/mol. The number of benzene rings is 1. The zero-order valence-electron chi connectivity index (χ0n) is 23.4. The van der Waals surface area contributed by atoms with Gasteiger partial charge in [-0.1, -0.05) is 13.8 Å². The first-order valence-electron chi connectivity index (χ1n) is 13.6. The molecule has 2 aromatic heterocycles. The number of carbonyl (C=O) groups is 2. The summed E-state index contributed by atoms with van der Waals surface area (Å²) in [7, 11) is 3.67. The van der Waals surface area contributed by atoms with Crippen LogP contribution in [0.4, 0.5) is 10.5 Å². The third-order valence-corrected chi connectivity index (χ3v) is 6.96. The molecule has 10 nitrogen and oxygen atoms in total. The summed E-state index contributed by atoms with van der Waals surface area (Å²) in [6.45, 7) is 8.78. The van der Waals surface area contributed by atoms with Gasteiger partial charge in [0.05, 0.1) is 13.7 Å². The number of amides is 3. The summed E-state index contributed by atoms with van der Waals surface area (Å²) in [5.74, 6) is 1.94. The predicted octanol–water partition coefficient (Wildman–Crippen LogP) is 3.96. The molecule has 4 rings (SSSR count). The minimum absolute atomic E-state index is 0.0908. The molecule has 39 heavy (non-hydrogen) atoms. The molecular formula is C29H40N6O4. The van der Waals surface area contributed by atoms with Crippen LogP contribution in [0.5, 0.6) is 11.5 Å². The molecule has 1 fully saturated rings. The lowest BCUT2D eigenvalue weighted by Gasteiger charge is -2.32. The van der Waals surface area contributed by atoms with Gasteiger partial charge in [0.25, 0.3) is 0 Å². The Balaban J connectivity index is 1.34. The van der Waals surface area contributed by atoms with Crippen molar-refractivity contribution in [2.24, 2.45) is 5.92 Å². The van der Waals surface area contributed by atoms with Crippen molar-refractivity contribution in [2.45, 2.75) is 39.8 Å². The highest BCUT2D eigenvalue weighted by atomic mass is 16.5. The standard InChI is InChI=1S/C29H40N6O4/c1-21(2)6-5-17-39-26-18-23(7-8-25(26)38-4)32-29(37)31-19-22-9-11-30-28-24(22)10-12-35(28)20-27(36)34-15-13-33(3)14-16-34/h7-12,18,21H,5-6,13-17,19-20H2,1-4H3,(H2,31,32,37). The largest absolute Gasteiger partial charge is 0.493 e. The second-order valence-electron chi connectivity index (χ2n) is 10.4. The first-order valence-corrected chi connectivity index (χ1v) is 13.6. The molecule has 0 radical (unpaired) electrons. The van der Waals surface area contributed by atoms with Crippen LogP contribution >= 0.6 is 0 Å². The fraction of sp³-hybridized carbons (Fsp3) is 0.483. The highest BCUT2D eigenvalue weighted by Crippen LogP contribution is 2.30. The number of likely N-dealkylation sites (N-methyl/N-ethyl adjacent to an activating group) is 1. The van der Waals surface area contributed by atoms with Crippen LogP contribution in [-0.4, -0.2) is 78.2 Å². The van der Waals surface area contributed by atoms with Crippen molar-refractivity contribution in [2.75, 3.05) is 52.3 Å². The van der Waals surface area contributed by atoms with E-state index >= 15 is 0 Å². The number of fused-ring (bicyclic) bond motifs is 1. The number of urea groups is 1. The Kier molecular flexibility index (Phi) is 9.64. The van der Waals surface area contributed by atoms with E-state index in [0.717, 1.165) is 55.6 Å². The van der Waals surface area contributed by atoms with E-state index in [2.05, 4.69) is 41.4 Å². The number of ether oxygens (including phenoxy) is 2. The first-order chi connectivity index (χ1) is 18.8. The van der Waals surface area contributed by atoms with Crippen LogP contribution in [0.15, 0.2) is 42.7 Å². The molecular weight excluding hydrogens is 496 g/mol. The number of anilines is 1. The van der Waals surface area contributed by atoms with Gasteiger partial charge in [-0.3, -0.25) is 4.79 Å². The molecule has 0 aliphatic carbocycles. The number of nitrogens with one attached hydrogen (secondary N) is 2. The van der Waals surface area contributed by atoms with E-state index in [-0.39, 0.29) is 18.5 Å². The smallest absolute Gasteiger partial charge is 0.319 e. The molecule has 0 unspecified atom stereocenters. The Labute approximate surface area is 230 Å². The van der Waals surface area contributed by atoms with Crippen LogP contribution in [0.1, 0.15) is 32.3 Å². The van der Waals surface area contributed by atoms with Gasteiger partial charge in [-0.2, -0.15) is 0 Å². The maximum Gasteiger partial charge on any atom is 0.319 e. The summed E-state index contributed by atoms with van der Waals surface area (Å²) >= 11 is 0. The molecule has 1 aromatic carbocycles. The first kappa shape index (κ1) is 28.2. The summed E-state index contributed by atoms with van der Waals surface area (Å²) in [5.41, 5.74) is 2.26. The Morgan fingerprint density at radius 3 is 2.62 bits per heavy atom. The summed E-state index contributed by atoms with van der Waals surface area (Å²) < 4.78 is 13.2. The van der Waals surface area contributed by atoms with Gasteiger partial charge in [0.15, 0.2) is 11.5 Å². The average Bonchev–Trinajstić information content (AvgIpc) is 3.33. The van der Waals surface area contributed by atoms with Crippen LogP contribution in [0.3, 0.4) is 0 Å². The summed E-state index contributed by atoms with van der Waals surface area (Å²) in [6.07, 6.45) is 5.63. The van der Waals surface area contributed by atoms with Crippen molar-refractivity contribution < 1.29 is 19.1 Å². The van der Waals surface area contributed by atoms with E-state index in [9.17, 15) is 9.59 Å². The molecule has 1 aliphatic rings. The van der Waals surface area contributed by atoms with Crippen molar-refractivity contribution in [3.8, 4) is 11.5 Å². The Morgan fingerprint density at radius 1 is 1.08 bits per heavy atom. The van der Waals surface area contributed by atoms with E-state index < -0.39 is 0 Å². The highest BCUT2D eigenvalue weighted by molar-refractivity contribution is 5.90. The lowest BCUT2D eigenvalue weighted by Crippen LogP contribution is -2.48. The van der Waals surface area contributed by atoms with Crippen molar-refractivity contribution in [3.05, 3.63) is 48.3 Å². The third kappa shape index (κ3) is 7.63. The van der Waals surface area contributed by atoms with Gasteiger partial charge < -0.3 is 34.5 Å². The molecule has 0 bridgehead atoms. The molecule has 2 N–H and O–H groups in total. The van der Waals surface area contributed by atoms with E-state index in [1.54, 1.807) is 31.5 Å². The molecule has 3 amide bonds. The molecule has 0 atom stereocenters. The van der Waals surface area contributed by atoms with Gasteiger partial charge in [0.1, 0.15) is 12.2 Å². The Morgan fingerprint density at radius 2 is 1.87 bits per heavy atom. The second kappa shape index (κ2) is 13.3. The van der Waals surface area contributed by atoms with Crippen LogP contribution in [0.2, 0.25) is 0 Å². The van der Waals surface area contributed by atoms with E-state index in [1.807, 2.05) is 27.8 Å². The number of methoxy groups -OCH3 is 1. The van der Waals surface area contributed by atoms with Crippen molar-refractivity contribution in [3.63, 3.8) is 0 Å². The molecule has 210 valence electrons. The average molecular weight is 537 g/mol. The summed E-state index contributed by atoms with van der Waals surface area (Å²) in [5, 5.41) is 6.70. The van der Waals surface area contributed by atoms with Crippen LogP contribution in [0, 0.1) is 5.92 Å². The Hall–Kier alpha value is -3.79. The van der Waals surface area contributed by atoms with Gasteiger partial charge in [-0.05, 0) is 55.6 Å². The number of aromatic nitrogens is 2. The van der Waals surface area contributed by atoms with Crippen molar-refractivity contribution >= 4 is 28.7 Å². The van der Waals surface area contributed by atoms with E-state index in [0.29, 0.717) is 36.3 Å². The fourth-order valence-corrected chi connectivity index (χ4v) is 4.62. The summed E-state index contributed by atoms with van der Waals surface area (Å²) in [4.78, 5) is 34.2. The van der Waals surface area contributed by atoms with Crippen LogP contribution in [0.25, 0.3) is 11.0 Å². The highest BCUT2D eigenvalue weighted by Gasteiger charge is 2.20. The van der Waals surface area contributed by atoms with Crippen LogP contribution < -0.4 is 20.1 Å². The van der Waals surface area contributed by atoms with Crippen molar-refractivity contribution in [1.82, 2.24) is 24.7 Å². The van der Waals surface area contributed by atoms with Gasteiger partial charge in [0.2, 0.25) is 5.91 Å². The minimum atomic E-state index is -0.333. The maximum atomic E-state index is 12.8. The number of hydrogen-bond donors (Lipinski definition) is 2. The SMILES string of the molecule is COc1ccc(NC(=O)NCc2ccnc3c2ccn3CC(=O)N2CCN(C)CC2)cc1OCCCC(C)C. The third-order valence-electron chi connectivity index (χ3n) is 6.96. The molecule has 0 saturated carbocycles. The summed E-state index contributed by atoms with van der Waals surface area (Å²) in [6, 6.07) is 8.83. The molecule has 1 aliphatic heterocycles. The van der Waals surface area contributed by atoms with Gasteiger partial charge in [-0.15, -0.1) is 0 Å². The topological polar surface area (TPSA) is 101 Å². The van der Waals surface area contributed by atoms with Gasteiger partial charge >= 0.3 is 6.03 Å². The minimum Gasteiger partial charge on any atom is -0.493 e. The van der Waals surface area contributed by atoms with Crippen molar-refractivity contribution in [1.29, 1.82) is 0 Å². The number of hydrogen-bond acceptors (Lipinski definition) is 6. The Bertz CT molecular complexity index is 1270. The van der Waals surface area contributed by atoms with E-state index in [4.69, 9.17) is 9.47 Å². The molecule has 3 heterocycles. The maximum absolute atomic E-state index is 12.8. The molecule has 1 saturated heterocycles. The zero-order valence-corrected chi connectivity index (χ0v) is 23.4. The van der Waals surface area contributed by atoms with E-state index in [1.165, 1.54) is 0 Å². The van der Waals surface area contributed by atoms with Gasteiger partial charge in [-0.25, -0.2) is 9.78 Å². The lowest BCUT2D eigenvalue weighted by molar-refractivity contribution is -0.133. The van der Waals surface area contributed by atoms with Gasteiger partial charge in [0, 0.05) is 62.3 Å². The molecule has 3 aromatic rings. The zero-order chi connectivity index (χ0) is 27.8. The second-order valence-corrected chi connectivity index (χ2v) is 10.4. The molecule has 0 spiro atoms. The number of rotatable bonds is 11. The van der Waals surface area contributed by atoms with Crippen LogP contribution in [-0.2, 0) is 17.9 Å². The quantitative estimate of drug-likeness (QED) is 0.360. The number of nitrogens with zero attached hydrogens (tertiary/aromatic N) is 4. The normalized spacial score (nSPS) is 14.0. The monoisotopic (exact) mass is 536 g/mol. The number of carbonyl (C=O) groups excluding carboxylic acids is 2.